The highest BCUT2D eigenvalue weighted by Gasteiger charge is 2.09. The first-order valence-electron chi connectivity index (χ1n) is 4.86. The average molecular weight is 202 g/mol. The van der Waals surface area contributed by atoms with Crippen molar-refractivity contribution in [1.82, 2.24) is 0 Å². The standard InChI is InChI=1S/C10H18O2S/c1-13(12)7-6-9-4-2-3-5-10(11)8-9/h8,10-11H,2-7H2,1H3. The van der Waals surface area contributed by atoms with Crippen molar-refractivity contribution in [1.29, 1.82) is 0 Å². The molecular weight excluding hydrogens is 184 g/mol. The lowest BCUT2D eigenvalue weighted by Gasteiger charge is -2.04. The highest BCUT2D eigenvalue weighted by Crippen LogP contribution is 2.20. The van der Waals surface area contributed by atoms with E-state index in [9.17, 15) is 9.32 Å². The van der Waals surface area contributed by atoms with Crippen molar-refractivity contribution in [2.24, 2.45) is 0 Å². The van der Waals surface area contributed by atoms with Crippen molar-refractivity contribution in [3.63, 3.8) is 0 Å². The second-order valence-electron chi connectivity index (χ2n) is 3.67. The van der Waals surface area contributed by atoms with Crippen molar-refractivity contribution in [3.05, 3.63) is 11.6 Å². The summed E-state index contributed by atoms with van der Waals surface area (Å²) in [6.07, 6.45) is 8.55. The average Bonchev–Trinajstić information content (AvgIpc) is 2.26. The zero-order valence-electron chi connectivity index (χ0n) is 8.16. The van der Waals surface area contributed by atoms with E-state index in [2.05, 4.69) is 0 Å². The molecule has 0 aromatic rings. The lowest BCUT2D eigenvalue weighted by Crippen LogP contribution is -2.02. The van der Waals surface area contributed by atoms with Gasteiger partial charge in [0.1, 0.15) is 0 Å². The molecule has 76 valence electrons. The first kappa shape index (κ1) is 10.9. The highest BCUT2D eigenvalue weighted by atomic mass is 32.2. The second kappa shape index (κ2) is 5.55. The molecule has 1 N–H and O–H groups in total. The number of aliphatic hydroxyl groups is 1. The molecule has 0 amide bonds. The lowest BCUT2D eigenvalue weighted by atomic mass is 10.1. The molecule has 0 bridgehead atoms. The van der Waals surface area contributed by atoms with Crippen LogP contribution in [-0.2, 0) is 10.8 Å². The van der Waals surface area contributed by atoms with Gasteiger partial charge in [0.05, 0.1) is 6.10 Å². The Kier molecular flexibility index (Phi) is 4.67. The van der Waals surface area contributed by atoms with Crippen LogP contribution in [0, 0.1) is 0 Å². The van der Waals surface area contributed by atoms with Crippen LogP contribution in [0.4, 0.5) is 0 Å². The normalized spacial score (nSPS) is 26.3. The minimum atomic E-state index is -0.707. The van der Waals surface area contributed by atoms with Gasteiger partial charge in [-0.15, -0.1) is 0 Å². The molecule has 0 aromatic carbocycles. The van der Waals surface area contributed by atoms with E-state index in [1.54, 1.807) is 6.26 Å². The quantitative estimate of drug-likeness (QED) is 0.706. The van der Waals surface area contributed by atoms with E-state index in [0.717, 1.165) is 31.4 Å². The van der Waals surface area contributed by atoms with Crippen molar-refractivity contribution in [3.8, 4) is 0 Å². The third-order valence-electron chi connectivity index (χ3n) is 2.39. The van der Waals surface area contributed by atoms with Crippen LogP contribution in [0.1, 0.15) is 32.1 Å². The Labute approximate surface area is 82.5 Å². The van der Waals surface area contributed by atoms with Crippen LogP contribution in [-0.4, -0.2) is 27.4 Å². The van der Waals surface area contributed by atoms with E-state index in [1.165, 1.54) is 12.0 Å². The Bertz CT molecular complexity index is 211. The summed E-state index contributed by atoms with van der Waals surface area (Å²) in [5, 5.41) is 9.47. The van der Waals surface area contributed by atoms with Gasteiger partial charge in [-0.05, 0) is 25.7 Å². The van der Waals surface area contributed by atoms with Gasteiger partial charge < -0.3 is 5.11 Å². The second-order valence-corrected chi connectivity index (χ2v) is 5.22. The van der Waals surface area contributed by atoms with Gasteiger partial charge in [-0.3, -0.25) is 4.21 Å². The van der Waals surface area contributed by atoms with Gasteiger partial charge in [-0.2, -0.15) is 0 Å². The Morgan fingerprint density at radius 1 is 1.62 bits per heavy atom. The Balaban J connectivity index is 2.41. The zero-order chi connectivity index (χ0) is 9.68. The molecule has 0 heterocycles. The largest absolute Gasteiger partial charge is 0.389 e. The zero-order valence-corrected chi connectivity index (χ0v) is 8.98. The Morgan fingerprint density at radius 2 is 2.38 bits per heavy atom. The molecular formula is C10H18O2S. The first-order valence-corrected chi connectivity index (χ1v) is 6.59. The molecule has 1 aliphatic carbocycles. The summed E-state index contributed by atoms with van der Waals surface area (Å²) in [6, 6.07) is 0. The maximum Gasteiger partial charge on any atom is 0.0723 e. The summed E-state index contributed by atoms with van der Waals surface area (Å²) in [4.78, 5) is 0. The summed E-state index contributed by atoms with van der Waals surface area (Å²) in [7, 11) is -0.707. The molecule has 1 rings (SSSR count). The van der Waals surface area contributed by atoms with Crippen LogP contribution in [0.3, 0.4) is 0 Å². The molecule has 0 saturated carbocycles. The van der Waals surface area contributed by atoms with Crippen LogP contribution >= 0.6 is 0 Å². The number of rotatable bonds is 3. The van der Waals surface area contributed by atoms with Gasteiger partial charge in [-0.1, -0.05) is 18.1 Å². The summed E-state index contributed by atoms with van der Waals surface area (Å²) in [6.45, 7) is 0. The molecule has 0 spiro atoms. The van der Waals surface area contributed by atoms with Crippen LogP contribution < -0.4 is 0 Å². The predicted molar refractivity (Wildman–Crippen MR) is 56.1 cm³/mol. The number of allylic oxidation sites excluding steroid dienone is 1. The molecule has 0 radical (unpaired) electrons. The molecule has 2 atom stereocenters. The molecule has 0 aliphatic heterocycles. The fourth-order valence-electron chi connectivity index (χ4n) is 1.63. The van der Waals surface area contributed by atoms with E-state index >= 15 is 0 Å². The highest BCUT2D eigenvalue weighted by molar-refractivity contribution is 7.84. The van der Waals surface area contributed by atoms with Crippen LogP contribution in [0.5, 0.6) is 0 Å². The Hall–Kier alpha value is -0.150. The molecule has 0 fully saturated rings. The molecule has 0 saturated heterocycles. The van der Waals surface area contributed by atoms with Gasteiger partial charge in [0.25, 0.3) is 0 Å². The van der Waals surface area contributed by atoms with Gasteiger partial charge in [0, 0.05) is 22.8 Å². The number of aliphatic hydroxyl groups excluding tert-OH is 1. The van der Waals surface area contributed by atoms with Crippen molar-refractivity contribution < 1.29 is 9.32 Å². The van der Waals surface area contributed by atoms with Gasteiger partial charge in [-0.25, -0.2) is 0 Å². The van der Waals surface area contributed by atoms with Crippen molar-refractivity contribution in [2.75, 3.05) is 12.0 Å². The van der Waals surface area contributed by atoms with E-state index in [4.69, 9.17) is 0 Å². The summed E-state index contributed by atoms with van der Waals surface area (Å²) in [5.41, 5.74) is 1.29. The summed E-state index contributed by atoms with van der Waals surface area (Å²) >= 11 is 0. The summed E-state index contributed by atoms with van der Waals surface area (Å²) < 4.78 is 10.9. The lowest BCUT2D eigenvalue weighted by molar-refractivity contribution is 0.211. The maximum atomic E-state index is 10.9. The van der Waals surface area contributed by atoms with Crippen LogP contribution in [0.15, 0.2) is 11.6 Å². The van der Waals surface area contributed by atoms with E-state index in [1.807, 2.05) is 6.08 Å². The molecule has 2 nitrogen and oxygen atoms in total. The maximum absolute atomic E-state index is 10.9. The molecule has 2 unspecified atom stereocenters. The third-order valence-corrected chi connectivity index (χ3v) is 3.17. The van der Waals surface area contributed by atoms with Crippen LogP contribution in [0.2, 0.25) is 0 Å². The smallest absolute Gasteiger partial charge is 0.0723 e. The first-order chi connectivity index (χ1) is 6.18. The number of hydrogen-bond acceptors (Lipinski definition) is 2. The van der Waals surface area contributed by atoms with Crippen LogP contribution in [0.25, 0.3) is 0 Å². The number of hydrogen-bond donors (Lipinski definition) is 1. The molecule has 3 heteroatoms. The van der Waals surface area contributed by atoms with E-state index < -0.39 is 10.8 Å². The minimum absolute atomic E-state index is 0.261. The van der Waals surface area contributed by atoms with Gasteiger partial charge >= 0.3 is 0 Å². The molecule has 13 heavy (non-hydrogen) atoms. The van der Waals surface area contributed by atoms with Gasteiger partial charge in [0.2, 0.25) is 0 Å². The fraction of sp³-hybridized carbons (Fsp3) is 0.800. The van der Waals surface area contributed by atoms with E-state index in [0.29, 0.717) is 0 Å². The van der Waals surface area contributed by atoms with Crippen molar-refractivity contribution >= 4 is 10.8 Å². The van der Waals surface area contributed by atoms with E-state index in [-0.39, 0.29) is 6.10 Å². The van der Waals surface area contributed by atoms with Gasteiger partial charge in [0.15, 0.2) is 0 Å². The minimum Gasteiger partial charge on any atom is -0.389 e. The Morgan fingerprint density at radius 3 is 3.08 bits per heavy atom. The molecule has 1 aliphatic rings. The van der Waals surface area contributed by atoms with Crippen molar-refractivity contribution in [2.45, 2.75) is 38.2 Å². The topological polar surface area (TPSA) is 37.3 Å². The SMILES string of the molecule is CS(=O)CCC1=CC(O)CCCC1. The third kappa shape index (κ3) is 4.58. The fourth-order valence-corrected chi connectivity index (χ4v) is 2.18. The molecule has 0 aromatic heterocycles. The predicted octanol–water partition coefficient (Wildman–Crippen LogP) is 1.62. The summed E-state index contributed by atoms with van der Waals surface area (Å²) in [5.74, 6) is 0.735. The monoisotopic (exact) mass is 202 g/mol.